The van der Waals surface area contributed by atoms with Crippen LogP contribution in [0.15, 0.2) is 23.1 Å². The summed E-state index contributed by atoms with van der Waals surface area (Å²) in [7, 11) is -2.91. The van der Waals surface area contributed by atoms with Gasteiger partial charge in [0.15, 0.2) is 5.60 Å². The highest BCUT2D eigenvalue weighted by Gasteiger charge is 2.59. The lowest BCUT2D eigenvalue weighted by atomic mass is 10.0. The number of ether oxygens (including phenoxy) is 1. The Kier molecular flexibility index (Phi) is 4.18. The van der Waals surface area contributed by atoms with Gasteiger partial charge in [-0.15, -0.1) is 0 Å². The molecule has 1 fully saturated rings. The molecule has 0 amide bonds. The highest BCUT2D eigenvalue weighted by Crippen LogP contribution is 2.40. The van der Waals surface area contributed by atoms with Gasteiger partial charge < -0.3 is 9.84 Å². The van der Waals surface area contributed by atoms with E-state index in [1.807, 2.05) is 0 Å². The molecule has 1 atom stereocenters. The van der Waals surface area contributed by atoms with E-state index in [0.29, 0.717) is 9.87 Å². The molecular weight excluding hydrogens is 323 g/mol. The van der Waals surface area contributed by atoms with Gasteiger partial charge in [-0.3, -0.25) is 0 Å². The van der Waals surface area contributed by atoms with Crippen LogP contribution >= 0.6 is 0 Å². The van der Waals surface area contributed by atoms with Crippen LogP contribution in [0.25, 0.3) is 0 Å². The van der Waals surface area contributed by atoms with Gasteiger partial charge in [0.1, 0.15) is 10.6 Å². The molecule has 1 aromatic carbocycles. The maximum atomic E-state index is 12.8. The molecule has 0 saturated carbocycles. The molecule has 0 spiro atoms. The molecular formula is C13H16F3NO4S. The zero-order valence-corrected chi connectivity index (χ0v) is 12.8. The van der Waals surface area contributed by atoms with E-state index in [2.05, 4.69) is 0 Å². The molecule has 1 aliphatic heterocycles. The second-order valence-electron chi connectivity index (χ2n) is 5.27. The summed E-state index contributed by atoms with van der Waals surface area (Å²) in [6.45, 7) is 0.236. The predicted octanol–water partition coefficient (Wildman–Crippen LogP) is 1.69. The highest BCUT2D eigenvalue weighted by molar-refractivity contribution is 7.89. The van der Waals surface area contributed by atoms with Crippen molar-refractivity contribution in [1.29, 1.82) is 0 Å². The average Bonchev–Trinajstić information content (AvgIpc) is 2.83. The maximum Gasteiger partial charge on any atom is 0.418 e. The number of alkyl halides is 3. The first-order chi connectivity index (χ1) is 10.0. The number of aryl methyl sites for hydroxylation is 1. The fourth-order valence-electron chi connectivity index (χ4n) is 2.32. The van der Waals surface area contributed by atoms with E-state index in [-0.39, 0.29) is 10.6 Å². The number of sulfonamides is 1. The summed E-state index contributed by atoms with van der Waals surface area (Å²) in [4.78, 5) is -0.207. The third kappa shape index (κ3) is 2.80. The molecule has 0 bridgehead atoms. The van der Waals surface area contributed by atoms with Crippen molar-refractivity contribution in [3.8, 4) is 5.75 Å². The Morgan fingerprint density at radius 1 is 1.36 bits per heavy atom. The van der Waals surface area contributed by atoms with Gasteiger partial charge in [0.25, 0.3) is 0 Å². The minimum absolute atomic E-state index is 0.0491. The van der Waals surface area contributed by atoms with Crippen LogP contribution in [0.2, 0.25) is 0 Å². The van der Waals surface area contributed by atoms with E-state index >= 15 is 0 Å². The van der Waals surface area contributed by atoms with Crippen molar-refractivity contribution in [2.24, 2.45) is 0 Å². The second kappa shape index (κ2) is 5.39. The molecule has 1 saturated heterocycles. The van der Waals surface area contributed by atoms with Crippen LogP contribution < -0.4 is 4.74 Å². The highest BCUT2D eigenvalue weighted by atomic mass is 32.2. The lowest BCUT2D eigenvalue weighted by molar-refractivity contribution is -0.252. The summed E-state index contributed by atoms with van der Waals surface area (Å²) in [6.07, 6.45) is -5.57. The summed E-state index contributed by atoms with van der Waals surface area (Å²) in [5, 5.41) is 9.63. The molecule has 2 rings (SSSR count). The molecule has 5 nitrogen and oxygen atoms in total. The van der Waals surface area contributed by atoms with Crippen LogP contribution in [0, 0.1) is 6.92 Å². The summed E-state index contributed by atoms with van der Waals surface area (Å²) >= 11 is 0. The molecule has 1 aliphatic rings. The van der Waals surface area contributed by atoms with Gasteiger partial charge in [0, 0.05) is 13.0 Å². The van der Waals surface area contributed by atoms with Crippen molar-refractivity contribution in [2.75, 3.05) is 20.2 Å². The van der Waals surface area contributed by atoms with E-state index in [1.54, 1.807) is 13.0 Å². The molecule has 0 radical (unpaired) electrons. The lowest BCUT2D eigenvalue weighted by Crippen LogP contribution is -2.48. The Labute approximate surface area is 126 Å². The Balaban J connectivity index is 2.40. The maximum absolute atomic E-state index is 12.8. The predicted molar refractivity (Wildman–Crippen MR) is 72.1 cm³/mol. The van der Waals surface area contributed by atoms with Crippen molar-refractivity contribution in [2.45, 2.75) is 30.0 Å². The number of aliphatic hydroxyl groups is 1. The third-order valence-electron chi connectivity index (χ3n) is 3.68. The fourth-order valence-corrected chi connectivity index (χ4v) is 4.05. The van der Waals surface area contributed by atoms with Gasteiger partial charge in [0.2, 0.25) is 10.0 Å². The van der Waals surface area contributed by atoms with Gasteiger partial charge in [-0.2, -0.15) is 17.5 Å². The fraction of sp³-hybridized carbons (Fsp3) is 0.538. The zero-order valence-electron chi connectivity index (χ0n) is 12.0. The van der Waals surface area contributed by atoms with Crippen molar-refractivity contribution >= 4 is 10.0 Å². The summed E-state index contributed by atoms with van der Waals surface area (Å²) in [5.74, 6) is 0.0491. The quantitative estimate of drug-likeness (QED) is 0.910. The molecule has 22 heavy (non-hydrogen) atoms. The van der Waals surface area contributed by atoms with E-state index < -0.39 is 41.3 Å². The number of halogens is 3. The van der Waals surface area contributed by atoms with Gasteiger partial charge >= 0.3 is 6.18 Å². The van der Waals surface area contributed by atoms with Crippen LogP contribution in [-0.4, -0.2) is 49.8 Å². The minimum Gasteiger partial charge on any atom is -0.495 e. The number of nitrogens with zero attached hydrogens (tertiary/aromatic N) is 1. The lowest BCUT2D eigenvalue weighted by Gasteiger charge is -2.26. The van der Waals surface area contributed by atoms with E-state index in [9.17, 15) is 26.7 Å². The molecule has 1 aromatic rings. The van der Waals surface area contributed by atoms with Gasteiger partial charge in [-0.1, -0.05) is 6.07 Å². The number of rotatable bonds is 3. The largest absolute Gasteiger partial charge is 0.495 e. The first-order valence-electron chi connectivity index (χ1n) is 6.45. The minimum atomic E-state index is -4.88. The molecule has 1 unspecified atom stereocenters. The van der Waals surface area contributed by atoms with Crippen LogP contribution in [-0.2, 0) is 10.0 Å². The molecule has 0 aromatic heterocycles. The van der Waals surface area contributed by atoms with Crippen molar-refractivity contribution in [3.05, 3.63) is 23.8 Å². The standard InChI is InChI=1S/C13H16F3NO4S/c1-9-3-4-10(21-2)11(7-9)22(19,20)17-6-5-12(18,8-17)13(14,15)16/h3-4,7,18H,5-6,8H2,1-2H3. The summed E-state index contributed by atoms with van der Waals surface area (Å²) < 4.78 is 69.2. The second-order valence-corrected chi connectivity index (χ2v) is 7.18. The van der Waals surface area contributed by atoms with Gasteiger partial charge in [-0.25, -0.2) is 8.42 Å². The van der Waals surface area contributed by atoms with E-state index in [4.69, 9.17) is 4.74 Å². The average molecular weight is 339 g/mol. The molecule has 124 valence electrons. The molecule has 1 heterocycles. The Morgan fingerprint density at radius 2 is 2.00 bits per heavy atom. The van der Waals surface area contributed by atoms with Crippen LogP contribution in [0.3, 0.4) is 0 Å². The molecule has 1 N–H and O–H groups in total. The zero-order chi connectivity index (χ0) is 16.8. The Hall–Kier alpha value is -1.32. The van der Waals surface area contributed by atoms with Crippen LogP contribution in [0.1, 0.15) is 12.0 Å². The third-order valence-corrected chi connectivity index (χ3v) is 5.54. The number of hydrogen-bond donors (Lipinski definition) is 1. The Morgan fingerprint density at radius 3 is 2.50 bits per heavy atom. The van der Waals surface area contributed by atoms with Crippen LogP contribution in [0.5, 0.6) is 5.75 Å². The number of hydrogen-bond acceptors (Lipinski definition) is 4. The SMILES string of the molecule is COc1ccc(C)cc1S(=O)(=O)N1CCC(O)(C(F)(F)F)C1. The van der Waals surface area contributed by atoms with Crippen molar-refractivity contribution < 1.29 is 31.4 Å². The number of methoxy groups -OCH3 is 1. The first kappa shape index (κ1) is 17.0. The number of β-amino-alcohol motifs (C(OH)–C–C–N with tert-alkyl or cyclic N) is 1. The van der Waals surface area contributed by atoms with Crippen molar-refractivity contribution in [1.82, 2.24) is 4.31 Å². The van der Waals surface area contributed by atoms with Crippen molar-refractivity contribution in [3.63, 3.8) is 0 Å². The van der Waals surface area contributed by atoms with Gasteiger partial charge in [-0.05, 0) is 24.6 Å². The van der Waals surface area contributed by atoms with E-state index in [0.717, 1.165) is 0 Å². The first-order valence-corrected chi connectivity index (χ1v) is 7.89. The van der Waals surface area contributed by atoms with E-state index in [1.165, 1.54) is 19.2 Å². The normalized spacial score (nSPS) is 23.7. The molecule has 9 heteroatoms. The summed E-state index contributed by atoms with van der Waals surface area (Å²) in [5.41, 5.74) is -2.39. The summed E-state index contributed by atoms with van der Waals surface area (Å²) in [6, 6.07) is 4.40. The number of benzene rings is 1. The Bertz CT molecular complexity index is 674. The topological polar surface area (TPSA) is 66.8 Å². The van der Waals surface area contributed by atoms with Gasteiger partial charge in [0.05, 0.1) is 13.7 Å². The van der Waals surface area contributed by atoms with Crippen LogP contribution in [0.4, 0.5) is 13.2 Å². The smallest absolute Gasteiger partial charge is 0.418 e. The monoisotopic (exact) mass is 339 g/mol. The molecule has 0 aliphatic carbocycles.